The Labute approximate surface area is 168 Å². The summed E-state index contributed by atoms with van der Waals surface area (Å²) in [6.45, 7) is 4.91. The molecule has 146 valence electrons. The lowest BCUT2D eigenvalue weighted by Gasteiger charge is -2.23. The van der Waals surface area contributed by atoms with Gasteiger partial charge in [-0.15, -0.1) is 0 Å². The molecule has 0 saturated carbocycles. The summed E-state index contributed by atoms with van der Waals surface area (Å²) in [6, 6.07) is 23.8. The van der Waals surface area contributed by atoms with Crippen molar-refractivity contribution in [2.75, 3.05) is 26.7 Å². The highest BCUT2D eigenvalue weighted by atomic mass is 16.5. The van der Waals surface area contributed by atoms with Gasteiger partial charge in [-0.05, 0) is 60.5 Å². The van der Waals surface area contributed by atoms with Gasteiger partial charge in [0.2, 0.25) is 0 Å². The second-order valence-electron chi connectivity index (χ2n) is 7.98. The Morgan fingerprint density at radius 3 is 2.61 bits per heavy atom. The number of fused-ring (bicyclic) bond motifs is 1. The van der Waals surface area contributed by atoms with E-state index in [1.54, 1.807) is 0 Å². The van der Waals surface area contributed by atoms with Crippen LogP contribution >= 0.6 is 0 Å². The van der Waals surface area contributed by atoms with Crippen molar-refractivity contribution < 1.29 is 4.74 Å². The lowest BCUT2D eigenvalue weighted by Crippen LogP contribution is -2.33. The Kier molecular flexibility index (Phi) is 6.25. The van der Waals surface area contributed by atoms with E-state index in [1.165, 1.54) is 34.7 Å². The van der Waals surface area contributed by atoms with Crippen LogP contribution in [0.25, 0.3) is 10.8 Å². The van der Waals surface area contributed by atoms with Crippen LogP contribution in [0, 0.1) is 5.92 Å². The van der Waals surface area contributed by atoms with Crippen molar-refractivity contribution in [1.29, 1.82) is 0 Å². The van der Waals surface area contributed by atoms with Gasteiger partial charge in [-0.25, -0.2) is 0 Å². The minimum absolute atomic E-state index is 0.639. The molecule has 28 heavy (non-hydrogen) atoms. The fourth-order valence-corrected chi connectivity index (χ4v) is 4.06. The molecule has 1 saturated heterocycles. The Bertz CT molecular complexity index is 879. The zero-order chi connectivity index (χ0) is 19.2. The molecule has 1 N–H and O–H groups in total. The van der Waals surface area contributed by atoms with Gasteiger partial charge in [-0.2, -0.15) is 0 Å². The van der Waals surface area contributed by atoms with Crippen LogP contribution in [0.3, 0.4) is 0 Å². The van der Waals surface area contributed by atoms with Crippen molar-refractivity contribution in [3.05, 3.63) is 77.9 Å². The molecule has 3 aromatic carbocycles. The summed E-state index contributed by atoms with van der Waals surface area (Å²) in [6.07, 6.45) is 2.53. The SMILES string of the molecule is CN(Cc1ccc(OCC2CCCNC2)cc1)Cc1cccc2ccccc12. The highest BCUT2D eigenvalue weighted by Gasteiger charge is 2.13. The van der Waals surface area contributed by atoms with Crippen LogP contribution < -0.4 is 10.1 Å². The number of piperidine rings is 1. The molecule has 1 aliphatic heterocycles. The quantitative estimate of drug-likeness (QED) is 0.640. The van der Waals surface area contributed by atoms with Crippen molar-refractivity contribution in [2.45, 2.75) is 25.9 Å². The highest BCUT2D eigenvalue weighted by Crippen LogP contribution is 2.21. The minimum atomic E-state index is 0.639. The van der Waals surface area contributed by atoms with Gasteiger partial charge in [0.05, 0.1) is 6.61 Å². The predicted molar refractivity (Wildman–Crippen MR) is 117 cm³/mol. The van der Waals surface area contributed by atoms with E-state index in [-0.39, 0.29) is 0 Å². The number of hydrogen-bond acceptors (Lipinski definition) is 3. The molecule has 0 spiro atoms. The Balaban J connectivity index is 1.32. The average molecular weight is 375 g/mol. The van der Waals surface area contributed by atoms with Gasteiger partial charge in [0.1, 0.15) is 5.75 Å². The molecule has 0 bridgehead atoms. The molecule has 3 aromatic rings. The Morgan fingerprint density at radius 2 is 1.79 bits per heavy atom. The zero-order valence-electron chi connectivity index (χ0n) is 16.7. The molecule has 0 aliphatic carbocycles. The molecule has 1 aliphatic rings. The van der Waals surface area contributed by atoms with E-state index >= 15 is 0 Å². The largest absolute Gasteiger partial charge is 0.493 e. The first-order chi connectivity index (χ1) is 13.8. The number of ether oxygens (including phenoxy) is 1. The number of hydrogen-bond donors (Lipinski definition) is 1. The van der Waals surface area contributed by atoms with E-state index in [0.717, 1.165) is 38.5 Å². The molecule has 0 radical (unpaired) electrons. The molecule has 1 atom stereocenters. The minimum Gasteiger partial charge on any atom is -0.493 e. The van der Waals surface area contributed by atoms with Crippen LogP contribution in [-0.2, 0) is 13.1 Å². The maximum Gasteiger partial charge on any atom is 0.119 e. The lowest BCUT2D eigenvalue weighted by atomic mass is 10.0. The van der Waals surface area contributed by atoms with Gasteiger partial charge in [-0.3, -0.25) is 4.90 Å². The van der Waals surface area contributed by atoms with Crippen molar-refractivity contribution in [3.8, 4) is 5.75 Å². The first-order valence-corrected chi connectivity index (χ1v) is 10.4. The maximum atomic E-state index is 6.00. The van der Waals surface area contributed by atoms with Gasteiger partial charge in [-0.1, -0.05) is 54.6 Å². The van der Waals surface area contributed by atoms with Crippen LogP contribution in [0.1, 0.15) is 24.0 Å². The van der Waals surface area contributed by atoms with Crippen molar-refractivity contribution in [3.63, 3.8) is 0 Å². The molecule has 0 amide bonds. The monoisotopic (exact) mass is 374 g/mol. The van der Waals surface area contributed by atoms with Gasteiger partial charge >= 0.3 is 0 Å². The normalized spacial score (nSPS) is 17.1. The van der Waals surface area contributed by atoms with Crippen LogP contribution in [0.5, 0.6) is 5.75 Å². The molecule has 3 heteroatoms. The highest BCUT2D eigenvalue weighted by molar-refractivity contribution is 5.85. The number of nitrogens with zero attached hydrogens (tertiary/aromatic N) is 1. The topological polar surface area (TPSA) is 24.5 Å². The Morgan fingerprint density at radius 1 is 0.964 bits per heavy atom. The van der Waals surface area contributed by atoms with E-state index in [2.05, 4.69) is 84.0 Å². The first kappa shape index (κ1) is 19.0. The van der Waals surface area contributed by atoms with E-state index in [9.17, 15) is 0 Å². The Hall–Kier alpha value is -2.36. The second-order valence-corrected chi connectivity index (χ2v) is 7.98. The van der Waals surface area contributed by atoms with Crippen LogP contribution in [0.2, 0.25) is 0 Å². The summed E-state index contributed by atoms with van der Waals surface area (Å²) in [5, 5.41) is 6.10. The van der Waals surface area contributed by atoms with Gasteiger partial charge < -0.3 is 10.1 Å². The fourth-order valence-electron chi connectivity index (χ4n) is 4.06. The first-order valence-electron chi connectivity index (χ1n) is 10.4. The van der Waals surface area contributed by atoms with Gasteiger partial charge in [0, 0.05) is 25.6 Å². The molecule has 3 nitrogen and oxygen atoms in total. The summed E-state index contributed by atoms with van der Waals surface area (Å²) in [5.41, 5.74) is 2.69. The van der Waals surface area contributed by atoms with E-state index in [4.69, 9.17) is 4.74 Å². The zero-order valence-corrected chi connectivity index (χ0v) is 16.7. The standard InChI is InChI=1S/C25H30N2O/c1-27(18-23-9-4-8-22-7-2-3-10-25(22)23)17-20-11-13-24(14-12-20)28-19-21-6-5-15-26-16-21/h2-4,7-14,21,26H,5-6,15-19H2,1H3. The van der Waals surface area contributed by atoms with Crippen LogP contribution in [0.15, 0.2) is 66.7 Å². The average Bonchev–Trinajstić information content (AvgIpc) is 2.74. The fraction of sp³-hybridized carbons (Fsp3) is 0.360. The third-order valence-corrected chi connectivity index (χ3v) is 5.58. The van der Waals surface area contributed by atoms with Crippen LogP contribution in [0.4, 0.5) is 0 Å². The molecular weight excluding hydrogens is 344 g/mol. The summed E-state index contributed by atoms with van der Waals surface area (Å²) in [4.78, 5) is 2.37. The summed E-state index contributed by atoms with van der Waals surface area (Å²) < 4.78 is 6.00. The second kappa shape index (κ2) is 9.22. The molecule has 1 heterocycles. The number of rotatable bonds is 7. The summed E-state index contributed by atoms with van der Waals surface area (Å²) >= 11 is 0. The number of nitrogens with one attached hydrogen (secondary N) is 1. The third kappa shape index (κ3) is 4.92. The smallest absolute Gasteiger partial charge is 0.119 e. The predicted octanol–water partition coefficient (Wildman–Crippen LogP) is 4.85. The van der Waals surface area contributed by atoms with E-state index < -0.39 is 0 Å². The molecule has 4 rings (SSSR count). The molecular formula is C25H30N2O. The van der Waals surface area contributed by atoms with E-state index in [0.29, 0.717) is 5.92 Å². The van der Waals surface area contributed by atoms with Gasteiger partial charge in [0.15, 0.2) is 0 Å². The molecule has 0 aromatic heterocycles. The van der Waals surface area contributed by atoms with Crippen molar-refractivity contribution in [1.82, 2.24) is 10.2 Å². The van der Waals surface area contributed by atoms with Crippen molar-refractivity contribution >= 4 is 10.8 Å². The molecule has 1 fully saturated rings. The number of benzene rings is 3. The third-order valence-electron chi connectivity index (χ3n) is 5.58. The molecule has 1 unspecified atom stereocenters. The van der Waals surface area contributed by atoms with Crippen molar-refractivity contribution in [2.24, 2.45) is 5.92 Å². The summed E-state index contributed by atoms with van der Waals surface area (Å²) in [5.74, 6) is 1.62. The lowest BCUT2D eigenvalue weighted by molar-refractivity contribution is 0.218. The summed E-state index contributed by atoms with van der Waals surface area (Å²) in [7, 11) is 2.18. The van der Waals surface area contributed by atoms with E-state index in [1.807, 2.05) is 0 Å². The maximum absolute atomic E-state index is 6.00. The van der Waals surface area contributed by atoms with Crippen LogP contribution in [-0.4, -0.2) is 31.6 Å². The van der Waals surface area contributed by atoms with Gasteiger partial charge in [0.25, 0.3) is 0 Å².